The van der Waals surface area contributed by atoms with Crippen LogP contribution in [-0.4, -0.2) is 67.3 Å². The summed E-state index contributed by atoms with van der Waals surface area (Å²) in [7, 11) is -3.80. The van der Waals surface area contributed by atoms with Gasteiger partial charge in [0.25, 0.3) is 5.91 Å². The fourth-order valence-corrected chi connectivity index (χ4v) is 7.44. The highest BCUT2D eigenvalue weighted by atomic mass is 32.2. The molecule has 1 aliphatic heterocycles. The molecule has 0 atom stereocenters. The first kappa shape index (κ1) is 24.4. The number of benzene rings is 2. The van der Waals surface area contributed by atoms with E-state index in [2.05, 4.69) is 15.6 Å². The Morgan fingerprint density at radius 3 is 2.53 bits per heavy atom. The van der Waals surface area contributed by atoms with Crippen molar-refractivity contribution in [1.29, 1.82) is 0 Å². The van der Waals surface area contributed by atoms with Gasteiger partial charge < -0.3 is 15.2 Å². The number of aromatic nitrogens is 1. The van der Waals surface area contributed by atoms with Gasteiger partial charge in [-0.25, -0.2) is 13.2 Å². The molecule has 10 nitrogen and oxygen atoms in total. The Kier molecular flexibility index (Phi) is 6.55. The molecule has 1 saturated heterocycles. The van der Waals surface area contributed by atoms with Crippen LogP contribution in [0.2, 0.25) is 0 Å². The summed E-state index contributed by atoms with van der Waals surface area (Å²) in [5.41, 5.74) is 0.890. The topological polar surface area (TPSA) is 132 Å². The van der Waals surface area contributed by atoms with Crippen LogP contribution < -0.4 is 15.5 Å². The molecule has 1 fully saturated rings. The minimum absolute atomic E-state index is 0.0982. The van der Waals surface area contributed by atoms with Crippen LogP contribution in [-0.2, 0) is 10.0 Å². The van der Waals surface area contributed by atoms with Crippen molar-refractivity contribution in [2.75, 3.05) is 38.0 Å². The number of hydrogen-bond acceptors (Lipinski definition) is 7. The van der Waals surface area contributed by atoms with Gasteiger partial charge in [0.15, 0.2) is 0 Å². The van der Waals surface area contributed by atoms with Crippen molar-refractivity contribution in [3.63, 3.8) is 0 Å². The van der Waals surface area contributed by atoms with Crippen LogP contribution in [0.5, 0.6) is 0 Å². The molecule has 0 spiro atoms. The molecule has 3 N–H and O–H groups in total. The Balaban J connectivity index is 1.36. The summed E-state index contributed by atoms with van der Waals surface area (Å²) in [6, 6.07) is 11.6. The van der Waals surface area contributed by atoms with Crippen molar-refractivity contribution in [1.82, 2.24) is 19.5 Å². The van der Waals surface area contributed by atoms with E-state index >= 15 is 0 Å². The molecule has 2 aromatic carbocycles. The standard InChI is InChI=1S/C23H23N5O5S3/c1-2-24-22(30)26-20-19(15-5-3-4-6-17(15)34-20)21(29)27-9-11-28(12-10-27)36(32,33)14-7-8-18-16(13-14)25-23(31)35-18/h3-8,13H,2,9-12H2,1H3,(H,25,31)(H2,24,26,30). The summed E-state index contributed by atoms with van der Waals surface area (Å²) in [5.74, 6) is -0.256. The first-order valence-corrected chi connectivity index (χ1v) is 14.3. The normalized spacial score (nSPS) is 14.9. The molecule has 2 aromatic heterocycles. The third kappa shape index (κ3) is 4.50. The summed E-state index contributed by atoms with van der Waals surface area (Å²) in [4.78, 5) is 41.5. The number of nitrogens with zero attached hydrogens (tertiary/aromatic N) is 2. The van der Waals surface area contributed by atoms with Crippen molar-refractivity contribution in [2.45, 2.75) is 11.8 Å². The monoisotopic (exact) mass is 545 g/mol. The van der Waals surface area contributed by atoms with Crippen molar-refractivity contribution in [2.24, 2.45) is 0 Å². The van der Waals surface area contributed by atoms with E-state index in [1.165, 1.54) is 27.8 Å². The average molecular weight is 546 g/mol. The van der Waals surface area contributed by atoms with Crippen LogP contribution in [0.3, 0.4) is 0 Å². The number of rotatable bonds is 5. The number of amides is 3. The van der Waals surface area contributed by atoms with Gasteiger partial charge in [0.05, 0.1) is 20.7 Å². The number of piperazine rings is 1. The van der Waals surface area contributed by atoms with Gasteiger partial charge >= 0.3 is 10.9 Å². The van der Waals surface area contributed by atoms with Gasteiger partial charge in [0.1, 0.15) is 5.00 Å². The zero-order valence-corrected chi connectivity index (χ0v) is 21.7. The highest BCUT2D eigenvalue weighted by Gasteiger charge is 2.32. The third-order valence-corrected chi connectivity index (χ3v) is 9.77. The molecule has 1 aliphatic rings. The number of thiazole rings is 1. The molecule has 3 heterocycles. The number of H-pyrrole nitrogens is 1. The van der Waals surface area contributed by atoms with Crippen LogP contribution in [0.15, 0.2) is 52.2 Å². The number of thiophene rings is 1. The average Bonchev–Trinajstić information content (AvgIpc) is 3.42. The van der Waals surface area contributed by atoms with Gasteiger partial charge in [0, 0.05) is 42.8 Å². The van der Waals surface area contributed by atoms with Gasteiger partial charge in [-0.2, -0.15) is 4.31 Å². The van der Waals surface area contributed by atoms with E-state index in [0.29, 0.717) is 27.3 Å². The number of fused-ring (bicyclic) bond motifs is 2. The number of anilines is 1. The Labute approximate surface area is 214 Å². The second-order valence-electron chi connectivity index (χ2n) is 8.16. The van der Waals surface area contributed by atoms with Crippen molar-refractivity contribution in [3.8, 4) is 0 Å². The summed E-state index contributed by atoms with van der Waals surface area (Å²) >= 11 is 2.35. The summed E-state index contributed by atoms with van der Waals surface area (Å²) < 4.78 is 29.4. The number of aromatic amines is 1. The molecule has 188 valence electrons. The quantitative estimate of drug-likeness (QED) is 0.355. The smallest absolute Gasteiger partial charge is 0.319 e. The zero-order valence-electron chi connectivity index (χ0n) is 19.2. The fourth-order valence-electron chi connectivity index (χ4n) is 4.18. The van der Waals surface area contributed by atoms with E-state index in [1.807, 2.05) is 31.2 Å². The van der Waals surface area contributed by atoms with Crippen LogP contribution in [0.1, 0.15) is 17.3 Å². The van der Waals surface area contributed by atoms with Gasteiger partial charge in [-0.1, -0.05) is 29.5 Å². The Morgan fingerprint density at radius 1 is 1.03 bits per heavy atom. The molecule has 4 aromatic rings. The maximum atomic E-state index is 13.6. The second kappa shape index (κ2) is 9.65. The molecule has 13 heteroatoms. The Bertz CT molecular complexity index is 1630. The lowest BCUT2D eigenvalue weighted by Crippen LogP contribution is -2.50. The number of sulfonamides is 1. The van der Waals surface area contributed by atoms with Crippen molar-refractivity contribution < 1.29 is 18.0 Å². The van der Waals surface area contributed by atoms with Crippen LogP contribution in [0, 0.1) is 0 Å². The van der Waals surface area contributed by atoms with E-state index in [0.717, 1.165) is 21.4 Å². The van der Waals surface area contributed by atoms with E-state index in [1.54, 1.807) is 11.0 Å². The maximum Gasteiger partial charge on any atom is 0.319 e. The molecular formula is C23H23N5O5S3. The van der Waals surface area contributed by atoms with Crippen molar-refractivity contribution in [3.05, 3.63) is 57.7 Å². The van der Waals surface area contributed by atoms with Crippen LogP contribution >= 0.6 is 22.7 Å². The minimum Gasteiger partial charge on any atom is -0.338 e. The number of carbonyl (C=O) groups is 2. The third-order valence-electron chi connectivity index (χ3n) is 5.93. The molecular weight excluding hydrogens is 522 g/mol. The summed E-state index contributed by atoms with van der Waals surface area (Å²) in [6.45, 7) is 2.94. The molecule has 0 bridgehead atoms. The van der Waals surface area contributed by atoms with Crippen LogP contribution in [0.25, 0.3) is 20.3 Å². The van der Waals surface area contributed by atoms with E-state index in [9.17, 15) is 22.8 Å². The zero-order chi connectivity index (χ0) is 25.4. The molecule has 0 aliphatic carbocycles. The maximum absolute atomic E-state index is 13.6. The molecule has 0 saturated carbocycles. The number of nitrogens with one attached hydrogen (secondary N) is 3. The largest absolute Gasteiger partial charge is 0.338 e. The van der Waals surface area contributed by atoms with E-state index < -0.39 is 16.1 Å². The van der Waals surface area contributed by atoms with Gasteiger partial charge in [-0.15, -0.1) is 11.3 Å². The second-order valence-corrected chi connectivity index (χ2v) is 12.2. The van der Waals surface area contributed by atoms with Gasteiger partial charge in [0.2, 0.25) is 10.0 Å². The lowest BCUT2D eigenvalue weighted by molar-refractivity contribution is 0.0701. The van der Waals surface area contributed by atoms with Crippen LogP contribution in [0.4, 0.5) is 9.80 Å². The van der Waals surface area contributed by atoms with Gasteiger partial charge in [-0.05, 0) is 31.2 Å². The summed E-state index contributed by atoms with van der Waals surface area (Å²) in [6.07, 6.45) is 0. The van der Waals surface area contributed by atoms with Crippen molar-refractivity contribution >= 4 is 69.9 Å². The number of carbonyl (C=O) groups excluding carboxylic acids is 2. The fraction of sp³-hybridized carbons (Fsp3) is 0.261. The molecule has 5 rings (SSSR count). The molecule has 0 unspecified atom stereocenters. The van der Waals surface area contributed by atoms with Gasteiger partial charge in [-0.3, -0.25) is 14.9 Å². The number of urea groups is 1. The number of hydrogen-bond donors (Lipinski definition) is 3. The van der Waals surface area contributed by atoms with E-state index in [-0.39, 0.29) is 41.9 Å². The minimum atomic E-state index is -3.80. The first-order valence-electron chi connectivity index (χ1n) is 11.3. The highest BCUT2D eigenvalue weighted by molar-refractivity contribution is 7.89. The Hall–Kier alpha value is -3.26. The molecule has 3 amide bonds. The lowest BCUT2D eigenvalue weighted by Gasteiger charge is -2.34. The lowest BCUT2D eigenvalue weighted by atomic mass is 10.1. The van der Waals surface area contributed by atoms with E-state index in [4.69, 9.17) is 0 Å². The Morgan fingerprint density at radius 2 is 1.78 bits per heavy atom. The first-order chi connectivity index (χ1) is 17.3. The molecule has 0 radical (unpaired) electrons. The summed E-state index contributed by atoms with van der Waals surface area (Å²) in [5, 5.41) is 6.66. The molecule has 36 heavy (non-hydrogen) atoms. The predicted octanol–water partition coefficient (Wildman–Crippen LogP) is 3.09. The predicted molar refractivity (Wildman–Crippen MR) is 142 cm³/mol. The highest BCUT2D eigenvalue weighted by Crippen LogP contribution is 2.37. The SMILES string of the molecule is CCNC(=O)Nc1sc2ccccc2c1C(=O)N1CCN(S(=O)(=O)c2ccc3sc(=O)[nH]c3c2)CC1.